The zero-order valence-corrected chi connectivity index (χ0v) is 6.23. The third-order valence-electron chi connectivity index (χ3n) is 2.04. The van der Waals surface area contributed by atoms with Gasteiger partial charge in [0.05, 0.1) is 0 Å². The first-order valence-electron chi connectivity index (χ1n) is 3.87. The van der Waals surface area contributed by atoms with E-state index in [0.717, 1.165) is 6.42 Å². The lowest BCUT2D eigenvalue weighted by Gasteiger charge is -2.04. The number of nitrogens with two attached hydrogens (primary N) is 1. The highest BCUT2D eigenvalue weighted by atomic mass is 16.5. The van der Waals surface area contributed by atoms with Gasteiger partial charge in [0, 0.05) is 12.5 Å². The Bertz CT molecular complexity index is 218. The maximum absolute atomic E-state index is 5.84. The second-order valence-electron chi connectivity index (χ2n) is 3.04. The molecule has 1 aromatic heterocycles. The van der Waals surface area contributed by atoms with Gasteiger partial charge in [-0.15, -0.1) is 0 Å². The molecule has 1 aromatic rings. The molecule has 1 unspecified atom stereocenters. The third-order valence-corrected chi connectivity index (χ3v) is 2.04. The average Bonchev–Trinajstić information content (AvgIpc) is 2.73. The summed E-state index contributed by atoms with van der Waals surface area (Å²) in [4.78, 5) is 3.91. The summed E-state index contributed by atoms with van der Waals surface area (Å²) in [6, 6.07) is 0.218. The van der Waals surface area contributed by atoms with Crippen molar-refractivity contribution < 1.29 is 4.52 Å². The van der Waals surface area contributed by atoms with Crippen LogP contribution in [0.1, 0.15) is 18.7 Å². The van der Waals surface area contributed by atoms with Gasteiger partial charge in [-0.05, 0) is 18.8 Å². The molecular formula is C7H11N3O. The van der Waals surface area contributed by atoms with Crippen LogP contribution in [0.15, 0.2) is 10.9 Å². The summed E-state index contributed by atoms with van der Waals surface area (Å²) in [6.45, 7) is 0. The van der Waals surface area contributed by atoms with E-state index in [1.54, 1.807) is 0 Å². The average molecular weight is 153 g/mol. The van der Waals surface area contributed by atoms with Crippen LogP contribution in [0.2, 0.25) is 0 Å². The third kappa shape index (κ3) is 1.57. The van der Waals surface area contributed by atoms with E-state index in [-0.39, 0.29) is 6.04 Å². The van der Waals surface area contributed by atoms with Gasteiger partial charge in [-0.25, -0.2) is 0 Å². The number of hydrogen-bond donors (Lipinski definition) is 1. The fraction of sp³-hybridized carbons (Fsp3) is 0.714. The summed E-state index contributed by atoms with van der Waals surface area (Å²) < 4.78 is 4.84. The molecule has 1 atom stereocenters. The van der Waals surface area contributed by atoms with Gasteiger partial charge in [0.15, 0.2) is 6.33 Å². The Morgan fingerprint density at radius 3 is 3.09 bits per heavy atom. The first-order chi connectivity index (χ1) is 5.36. The van der Waals surface area contributed by atoms with Crippen LogP contribution in [-0.4, -0.2) is 16.2 Å². The van der Waals surface area contributed by atoms with Gasteiger partial charge in [0.1, 0.15) is 0 Å². The predicted molar refractivity (Wildman–Crippen MR) is 38.7 cm³/mol. The summed E-state index contributed by atoms with van der Waals surface area (Å²) in [5.74, 6) is 1.35. The van der Waals surface area contributed by atoms with E-state index in [1.165, 1.54) is 19.2 Å². The molecule has 0 radical (unpaired) electrons. The van der Waals surface area contributed by atoms with Crippen molar-refractivity contribution in [3.05, 3.63) is 12.2 Å². The molecule has 0 aromatic carbocycles. The van der Waals surface area contributed by atoms with Crippen LogP contribution in [0.25, 0.3) is 0 Å². The second kappa shape index (κ2) is 2.62. The Labute approximate surface area is 64.8 Å². The van der Waals surface area contributed by atoms with Crippen molar-refractivity contribution >= 4 is 0 Å². The Hall–Kier alpha value is -0.900. The smallest absolute Gasteiger partial charge is 0.227 e. The molecule has 4 nitrogen and oxygen atoms in total. The zero-order chi connectivity index (χ0) is 7.68. The topological polar surface area (TPSA) is 64.9 Å². The fourth-order valence-electron chi connectivity index (χ4n) is 1.18. The molecule has 1 saturated carbocycles. The number of aromatic nitrogens is 2. The van der Waals surface area contributed by atoms with E-state index in [2.05, 4.69) is 10.1 Å². The quantitative estimate of drug-likeness (QED) is 0.680. The van der Waals surface area contributed by atoms with Crippen molar-refractivity contribution in [1.82, 2.24) is 10.1 Å². The Morgan fingerprint density at radius 1 is 1.73 bits per heavy atom. The minimum Gasteiger partial charge on any atom is -0.340 e. The highest BCUT2D eigenvalue weighted by Gasteiger charge is 2.29. The molecule has 0 bridgehead atoms. The van der Waals surface area contributed by atoms with E-state index in [4.69, 9.17) is 10.3 Å². The van der Waals surface area contributed by atoms with Gasteiger partial charge < -0.3 is 10.3 Å². The SMILES string of the molecule is NC(Cc1ncno1)C1CC1. The van der Waals surface area contributed by atoms with Gasteiger partial charge in [-0.2, -0.15) is 4.98 Å². The first kappa shape index (κ1) is 6.79. The highest BCUT2D eigenvalue weighted by molar-refractivity contribution is 4.90. The van der Waals surface area contributed by atoms with Crippen molar-refractivity contribution in [2.75, 3.05) is 0 Å². The molecule has 60 valence electrons. The van der Waals surface area contributed by atoms with Crippen LogP contribution in [0, 0.1) is 5.92 Å². The monoisotopic (exact) mass is 153 g/mol. The maximum Gasteiger partial charge on any atom is 0.227 e. The van der Waals surface area contributed by atoms with Crippen molar-refractivity contribution in [2.45, 2.75) is 25.3 Å². The fourth-order valence-corrected chi connectivity index (χ4v) is 1.18. The zero-order valence-electron chi connectivity index (χ0n) is 6.23. The van der Waals surface area contributed by atoms with Crippen molar-refractivity contribution in [2.24, 2.45) is 11.7 Å². The minimum absolute atomic E-state index is 0.218. The van der Waals surface area contributed by atoms with Crippen LogP contribution < -0.4 is 5.73 Å². The highest BCUT2D eigenvalue weighted by Crippen LogP contribution is 2.32. The molecule has 1 heterocycles. The molecule has 0 amide bonds. The van der Waals surface area contributed by atoms with E-state index in [9.17, 15) is 0 Å². The molecule has 0 spiro atoms. The summed E-state index contributed by atoms with van der Waals surface area (Å²) in [7, 11) is 0. The normalized spacial score (nSPS) is 20.1. The molecule has 2 rings (SSSR count). The minimum atomic E-state index is 0.218. The van der Waals surface area contributed by atoms with Gasteiger partial charge >= 0.3 is 0 Å². The van der Waals surface area contributed by atoms with Crippen molar-refractivity contribution in [3.63, 3.8) is 0 Å². The Morgan fingerprint density at radius 2 is 2.55 bits per heavy atom. The standard InChI is InChI=1S/C7H11N3O/c8-6(5-1-2-5)3-7-9-4-10-11-7/h4-6H,1-3,8H2. The van der Waals surface area contributed by atoms with Crippen LogP contribution in [0.5, 0.6) is 0 Å². The van der Waals surface area contributed by atoms with Gasteiger partial charge in [0.25, 0.3) is 0 Å². The Kier molecular flexibility index (Phi) is 1.62. The molecule has 1 aliphatic rings. The molecule has 1 aliphatic carbocycles. The lowest BCUT2D eigenvalue weighted by atomic mass is 10.1. The molecule has 11 heavy (non-hydrogen) atoms. The molecule has 4 heteroatoms. The van der Waals surface area contributed by atoms with Gasteiger partial charge in [-0.1, -0.05) is 5.16 Å². The molecular weight excluding hydrogens is 142 g/mol. The van der Waals surface area contributed by atoms with Gasteiger partial charge in [0.2, 0.25) is 5.89 Å². The first-order valence-corrected chi connectivity index (χ1v) is 3.87. The van der Waals surface area contributed by atoms with E-state index >= 15 is 0 Å². The Balaban J connectivity index is 1.89. The van der Waals surface area contributed by atoms with Crippen molar-refractivity contribution in [3.8, 4) is 0 Å². The summed E-state index contributed by atoms with van der Waals surface area (Å²) in [6.07, 6.45) is 4.66. The molecule has 0 aliphatic heterocycles. The second-order valence-corrected chi connectivity index (χ2v) is 3.04. The largest absolute Gasteiger partial charge is 0.340 e. The predicted octanol–water partition coefficient (Wildman–Crippen LogP) is 0.349. The van der Waals surface area contributed by atoms with Crippen LogP contribution in [0.3, 0.4) is 0 Å². The molecule has 1 fully saturated rings. The summed E-state index contributed by atoms with van der Waals surface area (Å²) in [5.41, 5.74) is 5.84. The van der Waals surface area contributed by atoms with Crippen LogP contribution in [0.4, 0.5) is 0 Å². The van der Waals surface area contributed by atoms with Crippen LogP contribution >= 0.6 is 0 Å². The van der Waals surface area contributed by atoms with Gasteiger partial charge in [-0.3, -0.25) is 0 Å². The van der Waals surface area contributed by atoms with E-state index in [1.807, 2.05) is 0 Å². The summed E-state index contributed by atoms with van der Waals surface area (Å²) >= 11 is 0. The van der Waals surface area contributed by atoms with E-state index < -0.39 is 0 Å². The number of rotatable bonds is 3. The summed E-state index contributed by atoms with van der Waals surface area (Å²) in [5, 5.41) is 3.51. The molecule has 0 saturated heterocycles. The lowest BCUT2D eigenvalue weighted by Crippen LogP contribution is -2.25. The van der Waals surface area contributed by atoms with Crippen LogP contribution in [-0.2, 0) is 6.42 Å². The van der Waals surface area contributed by atoms with E-state index in [0.29, 0.717) is 11.8 Å². The maximum atomic E-state index is 5.84. The molecule has 2 N–H and O–H groups in total. The number of nitrogens with zero attached hydrogens (tertiary/aromatic N) is 2. The van der Waals surface area contributed by atoms with Crippen molar-refractivity contribution in [1.29, 1.82) is 0 Å². The number of hydrogen-bond acceptors (Lipinski definition) is 4. The lowest BCUT2D eigenvalue weighted by molar-refractivity contribution is 0.362.